The minimum atomic E-state index is 0.461. The second-order valence-corrected chi connectivity index (χ2v) is 5.45. The third-order valence-electron chi connectivity index (χ3n) is 3.66. The lowest BCUT2D eigenvalue weighted by Gasteiger charge is -2.28. The van der Waals surface area contributed by atoms with E-state index >= 15 is 0 Å². The maximum absolute atomic E-state index is 6.36. The largest absolute Gasteiger partial charge is 0.379 e. The first-order valence-corrected chi connectivity index (χ1v) is 7.40. The van der Waals surface area contributed by atoms with E-state index < -0.39 is 0 Å². The van der Waals surface area contributed by atoms with Crippen molar-refractivity contribution in [1.29, 1.82) is 0 Å². The quantitative estimate of drug-likeness (QED) is 0.812. The minimum Gasteiger partial charge on any atom is -0.379 e. The molecule has 0 bridgehead atoms. The fourth-order valence-corrected chi connectivity index (χ4v) is 2.70. The zero-order valence-electron chi connectivity index (χ0n) is 11.8. The molecule has 1 unspecified atom stereocenters. The Morgan fingerprint density at radius 3 is 3.00 bits per heavy atom. The van der Waals surface area contributed by atoms with Crippen LogP contribution in [0.3, 0.4) is 0 Å². The summed E-state index contributed by atoms with van der Waals surface area (Å²) in [4.78, 5) is 2.31. The monoisotopic (exact) mass is 282 g/mol. The van der Waals surface area contributed by atoms with Crippen LogP contribution in [0.1, 0.15) is 25.3 Å². The summed E-state index contributed by atoms with van der Waals surface area (Å²) in [6, 6.07) is 6.59. The summed E-state index contributed by atoms with van der Waals surface area (Å²) in [6.45, 7) is 5.67. The van der Waals surface area contributed by atoms with Crippen LogP contribution in [0.5, 0.6) is 0 Å². The Bertz CT molecular complexity index is 405. The Morgan fingerprint density at radius 2 is 2.32 bits per heavy atom. The van der Waals surface area contributed by atoms with E-state index in [0.717, 1.165) is 44.2 Å². The highest BCUT2D eigenvalue weighted by atomic mass is 35.5. The lowest BCUT2D eigenvalue weighted by atomic mass is 10.1. The summed E-state index contributed by atoms with van der Waals surface area (Å²) in [5.74, 6) is 0. The molecule has 0 amide bonds. The number of rotatable bonds is 6. The third-order valence-corrected chi connectivity index (χ3v) is 4.01. The van der Waals surface area contributed by atoms with Crippen LogP contribution in [0, 0.1) is 0 Å². The maximum Gasteiger partial charge on any atom is 0.0670 e. The summed E-state index contributed by atoms with van der Waals surface area (Å²) in [7, 11) is 2.13. The number of hydrogen-bond acceptors (Lipinski definition) is 3. The molecular weight excluding hydrogens is 260 g/mol. The Labute approximate surface area is 120 Å². The van der Waals surface area contributed by atoms with Gasteiger partial charge in [0, 0.05) is 36.5 Å². The van der Waals surface area contributed by atoms with Crippen molar-refractivity contribution in [3.05, 3.63) is 28.8 Å². The van der Waals surface area contributed by atoms with Crippen LogP contribution in [-0.2, 0) is 11.3 Å². The molecule has 106 valence electrons. The normalized spacial score (nSPS) is 18.8. The lowest BCUT2D eigenvalue weighted by Crippen LogP contribution is -2.33. The first-order chi connectivity index (χ1) is 9.24. The number of anilines is 1. The zero-order chi connectivity index (χ0) is 13.7. The van der Waals surface area contributed by atoms with Gasteiger partial charge in [-0.1, -0.05) is 24.6 Å². The molecule has 0 saturated carbocycles. The molecule has 2 rings (SSSR count). The third kappa shape index (κ3) is 3.62. The Kier molecular flexibility index (Phi) is 5.49. The van der Waals surface area contributed by atoms with Gasteiger partial charge in [-0.3, -0.25) is 0 Å². The first kappa shape index (κ1) is 14.6. The Hall–Kier alpha value is -0.770. The summed E-state index contributed by atoms with van der Waals surface area (Å²) in [5, 5.41) is 4.28. The highest BCUT2D eigenvalue weighted by Gasteiger charge is 2.22. The Balaban J connectivity index is 2.15. The van der Waals surface area contributed by atoms with Gasteiger partial charge in [0.05, 0.1) is 12.6 Å². The number of nitrogens with zero attached hydrogens (tertiary/aromatic N) is 1. The number of halogens is 1. The molecule has 0 aliphatic carbocycles. The summed E-state index contributed by atoms with van der Waals surface area (Å²) < 4.78 is 5.48. The molecule has 1 fully saturated rings. The van der Waals surface area contributed by atoms with Crippen LogP contribution in [0.4, 0.5) is 5.69 Å². The summed E-state index contributed by atoms with van der Waals surface area (Å²) >= 11 is 6.36. The predicted molar refractivity (Wildman–Crippen MR) is 81.1 cm³/mol. The van der Waals surface area contributed by atoms with Gasteiger partial charge in [0.25, 0.3) is 0 Å². The van der Waals surface area contributed by atoms with Crippen molar-refractivity contribution in [3.8, 4) is 0 Å². The highest BCUT2D eigenvalue weighted by Crippen LogP contribution is 2.29. The zero-order valence-corrected chi connectivity index (χ0v) is 12.5. The predicted octanol–water partition coefficient (Wildman–Crippen LogP) is 3.06. The highest BCUT2D eigenvalue weighted by molar-refractivity contribution is 6.31. The smallest absolute Gasteiger partial charge is 0.0670 e. The molecule has 1 aliphatic heterocycles. The number of hydrogen-bond donors (Lipinski definition) is 1. The van der Waals surface area contributed by atoms with Gasteiger partial charge < -0.3 is 15.0 Å². The topological polar surface area (TPSA) is 24.5 Å². The maximum atomic E-state index is 6.36. The fraction of sp³-hybridized carbons (Fsp3) is 0.600. The molecule has 1 aliphatic rings. The van der Waals surface area contributed by atoms with Crippen LogP contribution in [-0.4, -0.2) is 32.8 Å². The van der Waals surface area contributed by atoms with Gasteiger partial charge in [0.2, 0.25) is 0 Å². The van der Waals surface area contributed by atoms with E-state index in [1.807, 2.05) is 12.1 Å². The van der Waals surface area contributed by atoms with Gasteiger partial charge in [-0.2, -0.15) is 0 Å². The first-order valence-electron chi connectivity index (χ1n) is 7.02. The van der Waals surface area contributed by atoms with Crippen molar-refractivity contribution in [1.82, 2.24) is 5.32 Å². The molecule has 19 heavy (non-hydrogen) atoms. The van der Waals surface area contributed by atoms with Crippen molar-refractivity contribution in [2.45, 2.75) is 32.4 Å². The molecule has 3 nitrogen and oxygen atoms in total. The second-order valence-electron chi connectivity index (χ2n) is 5.04. The molecule has 0 radical (unpaired) electrons. The summed E-state index contributed by atoms with van der Waals surface area (Å²) in [5.41, 5.74) is 2.40. The van der Waals surface area contributed by atoms with Crippen molar-refractivity contribution >= 4 is 17.3 Å². The molecule has 1 N–H and O–H groups in total. The molecular formula is C15H23ClN2O. The molecule has 0 aromatic heterocycles. The lowest BCUT2D eigenvalue weighted by molar-refractivity contribution is 0.193. The van der Waals surface area contributed by atoms with Crippen molar-refractivity contribution in [2.75, 3.05) is 31.7 Å². The average molecular weight is 283 g/mol. The number of ether oxygens (including phenoxy) is 1. The molecule has 0 spiro atoms. The average Bonchev–Trinajstić information content (AvgIpc) is 2.94. The summed E-state index contributed by atoms with van der Waals surface area (Å²) in [6.07, 6.45) is 2.22. The number of likely N-dealkylation sites (N-methyl/N-ethyl adjacent to an activating group) is 1. The van der Waals surface area contributed by atoms with E-state index in [1.54, 1.807) is 0 Å². The van der Waals surface area contributed by atoms with Gasteiger partial charge in [-0.15, -0.1) is 0 Å². The van der Waals surface area contributed by atoms with E-state index in [0.29, 0.717) is 6.04 Å². The van der Waals surface area contributed by atoms with Gasteiger partial charge >= 0.3 is 0 Å². The van der Waals surface area contributed by atoms with Crippen molar-refractivity contribution < 1.29 is 4.74 Å². The molecule has 1 atom stereocenters. The van der Waals surface area contributed by atoms with E-state index in [9.17, 15) is 0 Å². The van der Waals surface area contributed by atoms with E-state index in [2.05, 4.69) is 30.3 Å². The molecule has 1 aromatic rings. The SMILES string of the molecule is CCCNCc1c(Cl)cccc1N(C)C1CCOC1. The fourth-order valence-electron chi connectivity index (χ4n) is 2.47. The number of nitrogens with one attached hydrogen (secondary N) is 1. The van der Waals surface area contributed by atoms with E-state index in [4.69, 9.17) is 16.3 Å². The van der Waals surface area contributed by atoms with Crippen LogP contribution < -0.4 is 10.2 Å². The van der Waals surface area contributed by atoms with Crippen molar-refractivity contribution in [3.63, 3.8) is 0 Å². The van der Waals surface area contributed by atoms with Crippen LogP contribution in [0.2, 0.25) is 5.02 Å². The van der Waals surface area contributed by atoms with Gasteiger partial charge in [-0.25, -0.2) is 0 Å². The molecule has 1 saturated heterocycles. The van der Waals surface area contributed by atoms with Gasteiger partial charge in [0.15, 0.2) is 0 Å². The standard InChI is InChI=1S/C15H23ClN2O/c1-3-8-17-10-13-14(16)5-4-6-15(13)18(2)12-7-9-19-11-12/h4-6,12,17H,3,7-11H2,1-2H3. The minimum absolute atomic E-state index is 0.461. The van der Waals surface area contributed by atoms with Crippen molar-refractivity contribution in [2.24, 2.45) is 0 Å². The molecule has 4 heteroatoms. The second kappa shape index (κ2) is 7.13. The molecule has 1 aromatic carbocycles. The Morgan fingerprint density at radius 1 is 1.47 bits per heavy atom. The van der Waals surface area contributed by atoms with Crippen LogP contribution in [0.15, 0.2) is 18.2 Å². The van der Waals surface area contributed by atoms with Crippen LogP contribution in [0.25, 0.3) is 0 Å². The van der Waals surface area contributed by atoms with E-state index in [1.165, 1.54) is 11.3 Å². The van der Waals surface area contributed by atoms with E-state index in [-0.39, 0.29) is 0 Å². The van der Waals surface area contributed by atoms with Crippen LogP contribution >= 0.6 is 11.6 Å². The molecule has 1 heterocycles. The van der Waals surface area contributed by atoms with Gasteiger partial charge in [-0.05, 0) is 31.5 Å². The number of benzene rings is 1. The van der Waals surface area contributed by atoms with Gasteiger partial charge in [0.1, 0.15) is 0 Å².